The lowest BCUT2D eigenvalue weighted by molar-refractivity contribution is -0.312. The van der Waals surface area contributed by atoms with Crippen molar-refractivity contribution in [3.05, 3.63) is 35.9 Å². The van der Waals surface area contributed by atoms with E-state index in [1.54, 1.807) is 30.3 Å². The molecule has 6 nitrogen and oxygen atoms in total. The molecule has 2 N–H and O–H groups in total. The van der Waals surface area contributed by atoms with Gasteiger partial charge in [0.2, 0.25) is 0 Å². The first-order chi connectivity index (χ1) is 11.1. The molecule has 0 atom stereocenters. The standard InChI is InChI=1S/C15H16F3NO5/c1-23-14(15(16,17)18)8-13(9-14,11(20)21)19-12(22)24-7-10-5-3-2-4-6-10/h2-6H,7-9H2,1H3,(H,19,22)(H,20,21). The van der Waals surface area contributed by atoms with Crippen molar-refractivity contribution in [3.63, 3.8) is 0 Å². The quantitative estimate of drug-likeness (QED) is 0.855. The third-order valence-electron chi connectivity index (χ3n) is 4.05. The number of carboxylic acids is 1. The number of alkyl carbamates (subject to hydrolysis) is 1. The van der Waals surface area contributed by atoms with Crippen molar-refractivity contribution >= 4 is 12.1 Å². The molecule has 1 aliphatic carbocycles. The van der Waals surface area contributed by atoms with E-state index in [0.29, 0.717) is 5.56 Å². The van der Waals surface area contributed by atoms with Crippen LogP contribution in [-0.2, 0) is 20.9 Å². The molecule has 1 amide bonds. The zero-order valence-electron chi connectivity index (χ0n) is 12.7. The minimum Gasteiger partial charge on any atom is -0.479 e. The van der Waals surface area contributed by atoms with Crippen LogP contribution >= 0.6 is 0 Å². The van der Waals surface area contributed by atoms with Crippen molar-refractivity contribution in [2.24, 2.45) is 0 Å². The van der Waals surface area contributed by atoms with E-state index >= 15 is 0 Å². The van der Waals surface area contributed by atoms with Gasteiger partial charge in [0.25, 0.3) is 0 Å². The number of ether oxygens (including phenoxy) is 2. The molecule has 0 bridgehead atoms. The van der Waals surface area contributed by atoms with Crippen molar-refractivity contribution in [1.29, 1.82) is 0 Å². The monoisotopic (exact) mass is 347 g/mol. The summed E-state index contributed by atoms with van der Waals surface area (Å²) < 4.78 is 48.4. The predicted molar refractivity (Wildman–Crippen MR) is 75.2 cm³/mol. The van der Waals surface area contributed by atoms with E-state index in [2.05, 4.69) is 4.74 Å². The van der Waals surface area contributed by atoms with Gasteiger partial charge in [0.1, 0.15) is 12.1 Å². The van der Waals surface area contributed by atoms with Gasteiger partial charge in [0.15, 0.2) is 5.60 Å². The van der Waals surface area contributed by atoms with Gasteiger partial charge in [-0.25, -0.2) is 9.59 Å². The highest BCUT2D eigenvalue weighted by Gasteiger charge is 2.72. The fourth-order valence-corrected chi connectivity index (χ4v) is 2.63. The molecule has 9 heteroatoms. The number of rotatable bonds is 5. The molecule has 1 aromatic rings. The number of carboxylic acid groups (broad SMARTS) is 1. The SMILES string of the molecule is COC1(C(F)(F)F)CC(NC(=O)OCc2ccccc2)(C(=O)O)C1. The number of hydrogen-bond acceptors (Lipinski definition) is 4. The Bertz CT molecular complexity index is 611. The van der Waals surface area contributed by atoms with E-state index in [1.807, 2.05) is 5.32 Å². The van der Waals surface area contributed by atoms with Gasteiger partial charge in [-0.1, -0.05) is 30.3 Å². The Morgan fingerprint density at radius 3 is 2.29 bits per heavy atom. The molecule has 1 aromatic carbocycles. The van der Waals surface area contributed by atoms with E-state index < -0.39 is 42.2 Å². The number of carbonyl (C=O) groups excluding carboxylic acids is 1. The Labute approximate surface area is 135 Å². The number of benzene rings is 1. The van der Waals surface area contributed by atoms with Gasteiger partial charge in [0, 0.05) is 20.0 Å². The third-order valence-corrected chi connectivity index (χ3v) is 4.05. The molecule has 0 aliphatic heterocycles. The highest BCUT2D eigenvalue weighted by molar-refractivity contribution is 5.86. The van der Waals surface area contributed by atoms with Gasteiger partial charge < -0.3 is 19.9 Å². The molecule has 1 fully saturated rings. The maximum absolute atomic E-state index is 13.0. The van der Waals surface area contributed by atoms with E-state index in [9.17, 15) is 27.9 Å². The molecule has 1 aliphatic rings. The normalized spacial score (nSPS) is 26.3. The average molecular weight is 347 g/mol. The Hall–Kier alpha value is -2.29. The summed E-state index contributed by atoms with van der Waals surface area (Å²) in [6, 6.07) is 8.57. The summed E-state index contributed by atoms with van der Waals surface area (Å²) in [5, 5.41) is 11.2. The molecule has 2 rings (SSSR count). The van der Waals surface area contributed by atoms with Gasteiger partial charge in [0.05, 0.1) is 0 Å². The molecule has 0 aromatic heterocycles. The molecule has 0 heterocycles. The van der Waals surface area contributed by atoms with E-state index in [4.69, 9.17) is 4.74 Å². The fraction of sp³-hybridized carbons (Fsp3) is 0.467. The second kappa shape index (κ2) is 6.31. The van der Waals surface area contributed by atoms with Crippen LogP contribution < -0.4 is 5.32 Å². The van der Waals surface area contributed by atoms with E-state index in [1.165, 1.54) is 0 Å². The van der Waals surface area contributed by atoms with Crippen LogP contribution in [0.4, 0.5) is 18.0 Å². The lowest BCUT2D eigenvalue weighted by Crippen LogP contribution is -2.74. The minimum absolute atomic E-state index is 0.128. The van der Waals surface area contributed by atoms with E-state index in [0.717, 1.165) is 7.11 Å². The Kier molecular flexibility index (Phi) is 4.75. The van der Waals surface area contributed by atoms with Gasteiger partial charge in [-0.05, 0) is 5.56 Å². The largest absolute Gasteiger partial charge is 0.479 e. The summed E-state index contributed by atoms with van der Waals surface area (Å²) in [4.78, 5) is 23.1. The second-order valence-electron chi connectivity index (χ2n) is 5.62. The summed E-state index contributed by atoms with van der Waals surface area (Å²) in [7, 11) is 0.854. The molecule has 24 heavy (non-hydrogen) atoms. The number of carbonyl (C=O) groups is 2. The van der Waals surface area contributed by atoms with Crippen molar-refractivity contribution in [3.8, 4) is 0 Å². The first-order valence-corrected chi connectivity index (χ1v) is 6.98. The zero-order chi connectivity index (χ0) is 18.0. The number of amides is 1. The Morgan fingerprint density at radius 1 is 1.25 bits per heavy atom. The van der Waals surface area contributed by atoms with Crippen LogP contribution in [0.1, 0.15) is 18.4 Å². The van der Waals surface area contributed by atoms with Crippen LogP contribution in [0.3, 0.4) is 0 Å². The van der Waals surface area contributed by atoms with Crippen LogP contribution in [-0.4, -0.2) is 41.6 Å². The van der Waals surface area contributed by atoms with Crippen LogP contribution in [0.15, 0.2) is 30.3 Å². The number of nitrogens with one attached hydrogen (secondary N) is 1. The molecule has 0 spiro atoms. The third kappa shape index (κ3) is 3.30. The number of hydrogen-bond donors (Lipinski definition) is 2. The van der Waals surface area contributed by atoms with Crippen LogP contribution in [0.25, 0.3) is 0 Å². The molecular formula is C15H16F3NO5. The summed E-state index contributed by atoms with van der Waals surface area (Å²) in [5.41, 5.74) is -4.00. The van der Waals surface area contributed by atoms with Gasteiger partial charge in [-0.2, -0.15) is 13.2 Å². The molecule has 0 radical (unpaired) electrons. The smallest absolute Gasteiger partial charge is 0.417 e. The average Bonchev–Trinajstić information content (AvgIpc) is 2.48. The van der Waals surface area contributed by atoms with Crippen molar-refractivity contribution < 1.29 is 37.3 Å². The molecule has 132 valence electrons. The summed E-state index contributed by atoms with van der Waals surface area (Å²) >= 11 is 0. The highest BCUT2D eigenvalue weighted by atomic mass is 19.4. The van der Waals surface area contributed by atoms with Crippen LogP contribution in [0.2, 0.25) is 0 Å². The van der Waals surface area contributed by atoms with Crippen molar-refractivity contribution in [2.45, 2.75) is 36.8 Å². The lowest BCUT2D eigenvalue weighted by Gasteiger charge is -2.52. The van der Waals surface area contributed by atoms with E-state index in [-0.39, 0.29) is 6.61 Å². The number of halogens is 3. The molecule has 0 saturated heterocycles. The van der Waals surface area contributed by atoms with Crippen LogP contribution in [0.5, 0.6) is 0 Å². The lowest BCUT2D eigenvalue weighted by atomic mass is 9.64. The maximum Gasteiger partial charge on any atom is 0.417 e. The first-order valence-electron chi connectivity index (χ1n) is 6.98. The maximum atomic E-state index is 13.0. The molecule has 1 saturated carbocycles. The fourth-order valence-electron chi connectivity index (χ4n) is 2.63. The second-order valence-corrected chi connectivity index (χ2v) is 5.62. The summed E-state index contributed by atoms with van der Waals surface area (Å²) in [6.45, 7) is -0.128. The van der Waals surface area contributed by atoms with Crippen molar-refractivity contribution in [1.82, 2.24) is 5.32 Å². The van der Waals surface area contributed by atoms with Gasteiger partial charge in [-0.15, -0.1) is 0 Å². The van der Waals surface area contributed by atoms with Gasteiger partial charge in [-0.3, -0.25) is 0 Å². The Balaban J connectivity index is 2.00. The summed E-state index contributed by atoms with van der Waals surface area (Å²) in [5.74, 6) is -1.57. The van der Waals surface area contributed by atoms with Crippen molar-refractivity contribution in [2.75, 3.05) is 7.11 Å². The highest BCUT2D eigenvalue weighted by Crippen LogP contribution is 2.53. The zero-order valence-corrected chi connectivity index (χ0v) is 12.7. The predicted octanol–water partition coefficient (Wildman–Crippen LogP) is 2.48. The Morgan fingerprint density at radius 2 is 1.83 bits per heavy atom. The number of alkyl halides is 3. The number of methoxy groups -OCH3 is 1. The molecular weight excluding hydrogens is 331 g/mol. The van der Waals surface area contributed by atoms with Crippen LogP contribution in [0, 0.1) is 0 Å². The topological polar surface area (TPSA) is 84.9 Å². The molecule has 0 unspecified atom stereocenters. The summed E-state index contributed by atoms with van der Waals surface area (Å²) in [6.07, 6.45) is -7.69. The van der Waals surface area contributed by atoms with Gasteiger partial charge >= 0.3 is 18.2 Å². The number of aliphatic carboxylic acids is 1. The first kappa shape index (κ1) is 18.1. The minimum atomic E-state index is -4.74.